The monoisotopic (exact) mass is 318 g/mol. The molecule has 1 aliphatic rings. The fourth-order valence-corrected chi connectivity index (χ4v) is 3.99. The maximum Gasteiger partial charge on any atom is 1.00 e. The van der Waals surface area contributed by atoms with Crippen molar-refractivity contribution in [1.82, 2.24) is 0 Å². The zero-order valence-electron chi connectivity index (χ0n) is 12.2. The zero-order valence-corrected chi connectivity index (χ0v) is 16.1. The number of halogens is 1. The van der Waals surface area contributed by atoms with E-state index in [0.29, 0.717) is 19.3 Å². The van der Waals surface area contributed by atoms with Crippen molar-refractivity contribution in [3.8, 4) is 0 Å². The van der Waals surface area contributed by atoms with Crippen LogP contribution in [0.3, 0.4) is 0 Å². The molecule has 19 heavy (non-hydrogen) atoms. The molecule has 0 N–H and O–H groups in total. The average molecular weight is 318 g/mol. The Hall–Kier alpha value is 1.48. The van der Waals surface area contributed by atoms with Gasteiger partial charge in [-0.2, -0.15) is 0 Å². The van der Waals surface area contributed by atoms with Gasteiger partial charge in [0, 0.05) is 5.92 Å². The smallest absolute Gasteiger partial charge is 0.745 e. The van der Waals surface area contributed by atoms with Crippen LogP contribution in [0.4, 0.5) is 4.39 Å². The standard InChI is InChI=1S/C13H25FO3S.K/c1-2-12-10-8-6-4-3-5-7-9-11-13(12,14)18(15,16)17;/h12H,2-11H2,1H3,(H,15,16,17);/q;+1/p-1. The molecule has 0 bridgehead atoms. The topological polar surface area (TPSA) is 57.2 Å². The average Bonchev–Trinajstić information content (AvgIpc) is 2.33. The summed E-state index contributed by atoms with van der Waals surface area (Å²) in [7, 11) is -4.88. The van der Waals surface area contributed by atoms with Crippen molar-refractivity contribution in [3.63, 3.8) is 0 Å². The van der Waals surface area contributed by atoms with Crippen molar-refractivity contribution >= 4 is 10.1 Å². The van der Waals surface area contributed by atoms with Gasteiger partial charge in [-0.05, 0) is 25.7 Å². The number of rotatable bonds is 2. The summed E-state index contributed by atoms with van der Waals surface area (Å²) in [5.41, 5.74) is 0. The van der Waals surface area contributed by atoms with Crippen LogP contribution >= 0.6 is 0 Å². The van der Waals surface area contributed by atoms with Gasteiger partial charge in [0.25, 0.3) is 0 Å². The molecule has 6 heteroatoms. The molecule has 0 spiro atoms. The van der Waals surface area contributed by atoms with Crippen molar-refractivity contribution < 1.29 is 68.7 Å². The number of hydrogen-bond donors (Lipinski definition) is 0. The van der Waals surface area contributed by atoms with Crippen LogP contribution in [0.5, 0.6) is 0 Å². The van der Waals surface area contributed by atoms with E-state index < -0.39 is 21.0 Å². The first-order valence-corrected chi connectivity index (χ1v) is 8.47. The van der Waals surface area contributed by atoms with Gasteiger partial charge in [0.15, 0.2) is 0 Å². The molecule has 1 rings (SSSR count). The van der Waals surface area contributed by atoms with E-state index in [1.54, 1.807) is 6.92 Å². The van der Waals surface area contributed by atoms with E-state index in [1.165, 1.54) is 0 Å². The first-order chi connectivity index (χ1) is 8.42. The second kappa shape index (κ2) is 9.48. The molecule has 0 radical (unpaired) electrons. The summed E-state index contributed by atoms with van der Waals surface area (Å²) in [4.78, 5) is 0. The number of alkyl halides is 1. The zero-order chi connectivity index (χ0) is 13.6. The van der Waals surface area contributed by atoms with E-state index in [4.69, 9.17) is 0 Å². The third kappa shape index (κ3) is 6.00. The van der Waals surface area contributed by atoms with Crippen molar-refractivity contribution in [2.24, 2.45) is 5.92 Å². The Labute approximate surface area is 159 Å². The van der Waals surface area contributed by atoms with Gasteiger partial charge in [0.05, 0.1) is 0 Å². The molecule has 0 amide bonds. The van der Waals surface area contributed by atoms with Crippen molar-refractivity contribution in [2.45, 2.75) is 76.1 Å². The minimum absolute atomic E-state index is 0. The third-order valence-electron chi connectivity index (χ3n) is 4.09. The molecule has 0 aliphatic heterocycles. The fourth-order valence-electron chi connectivity index (χ4n) is 2.90. The molecule has 0 aromatic heterocycles. The molecule has 0 saturated heterocycles. The largest absolute Gasteiger partial charge is 1.00 e. The molecule has 2 atom stereocenters. The van der Waals surface area contributed by atoms with Gasteiger partial charge in [-0.25, -0.2) is 12.8 Å². The summed E-state index contributed by atoms with van der Waals surface area (Å²) in [6, 6.07) is 0. The van der Waals surface area contributed by atoms with Crippen molar-refractivity contribution in [3.05, 3.63) is 0 Å². The Kier molecular flexibility index (Phi) is 10.2. The summed E-state index contributed by atoms with van der Waals surface area (Å²) >= 11 is 0. The van der Waals surface area contributed by atoms with Gasteiger partial charge in [-0.1, -0.05) is 45.4 Å². The summed E-state index contributed by atoms with van der Waals surface area (Å²) < 4.78 is 48.6. The molecule has 0 aromatic carbocycles. The molecular formula is C13H24FKO3S. The Morgan fingerprint density at radius 2 is 1.58 bits per heavy atom. The first-order valence-electron chi connectivity index (χ1n) is 7.06. The summed E-state index contributed by atoms with van der Waals surface area (Å²) in [6.07, 6.45) is 7.19. The molecule has 0 heterocycles. The van der Waals surface area contributed by atoms with Crippen LogP contribution in [0.25, 0.3) is 0 Å². The van der Waals surface area contributed by atoms with Gasteiger partial charge in [-0.15, -0.1) is 0 Å². The van der Waals surface area contributed by atoms with Crippen LogP contribution in [-0.2, 0) is 10.1 Å². The van der Waals surface area contributed by atoms with Crippen LogP contribution in [0.15, 0.2) is 0 Å². The van der Waals surface area contributed by atoms with Crippen LogP contribution in [-0.4, -0.2) is 18.0 Å². The molecule has 3 nitrogen and oxygen atoms in total. The van der Waals surface area contributed by atoms with Gasteiger partial charge in [-0.3, -0.25) is 0 Å². The minimum atomic E-state index is -4.88. The quantitative estimate of drug-likeness (QED) is 0.558. The third-order valence-corrected chi connectivity index (χ3v) is 5.46. The molecular weight excluding hydrogens is 294 g/mol. The maximum atomic E-state index is 14.7. The minimum Gasteiger partial charge on any atom is -0.745 e. The Morgan fingerprint density at radius 1 is 1.11 bits per heavy atom. The van der Waals surface area contributed by atoms with Gasteiger partial charge < -0.3 is 4.55 Å². The normalized spacial score (nSPS) is 31.0. The van der Waals surface area contributed by atoms with E-state index in [1.807, 2.05) is 0 Å². The fraction of sp³-hybridized carbons (Fsp3) is 1.00. The maximum absolute atomic E-state index is 14.7. The van der Waals surface area contributed by atoms with Crippen LogP contribution < -0.4 is 51.4 Å². The van der Waals surface area contributed by atoms with E-state index in [2.05, 4.69) is 0 Å². The Morgan fingerprint density at radius 3 is 2.05 bits per heavy atom. The van der Waals surface area contributed by atoms with Crippen LogP contribution in [0.1, 0.15) is 71.1 Å². The van der Waals surface area contributed by atoms with E-state index >= 15 is 0 Å². The SMILES string of the molecule is CCC1CCCCCCCCCC1(F)S(=O)(=O)[O-].[K+]. The van der Waals surface area contributed by atoms with Gasteiger partial charge in [0.1, 0.15) is 10.1 Å². The van der Waals surface area contributed by atoms with Crippen LogP contribution in [0.2, 0.25) is 0 Å². The second-order valence-corrected chi connectivity index (χ2v) is 6.95. The van der Waals surface area contributed by atoms with Crippen molar-refractivity contribution in [1.29, 1.82) is 0 Å². The van der Waals surface area contributed by atoms with E-state index in [-0.39, 0.29) is 57.8 Å². The predicted octanol–water partition coefficient (Wildman–Crippen LogP) is 0.752. The Balaban J connectivity index is 0.00000324. The molecule has 1 fully saturated rings. The molecule has 1 saturated carbocycles. The molecule has 0 aromatic rings. The van der Waals surface area contributed by atoms with Gasteiger partial charge in [0.2, 0.25) is 5.00 Å². The van der Waals surface area contributed by atoms with Crippen LogP contribution in [0, 0.1) is 5.92 Å². The molecule has 1 aliphatic carbocycles. The number of hydrogen-bond acceptors (Lipinski definition) is 3. The molecule has 108 valence electrons. The summed E-state index contributed by atoms with van der Waals surface area (Å²) in [6.45, 7) is 1.77. The predicted molar refractivity (Wildman–Crippen MR) is 68.9 cm³/mol. The van der Waals surface area contributed by atoms with E-state index in [9.17, 15) is 17.4 Å². The molecule has 2 unspecified atom stereocenters. The van der Waals surface area contributed by atoms with E-state index in [0.717, 1.165) is 38.5 Å². The first kappa shape index (κ1) is 20.5. The van der Waals surface area contributed by atoms with Gasteiger partial charge >= 0.3 is 51.4 Å². The second-order valence-electron chi connectivity index (χ2n) is 5.36. The summed E-state index contributed by atoms with van der Waals surface area (Å²) in [5, 5.41) is -2.55. The summed E-state index contributed by atoms with van der Waals surface area (Å²) in [5.74, 6) is -0.641. The van der Waals surface area contributed by atoms with Crippen molar-refractivity contribution in [2.75, 3.05) is 0 Å². The Bertz CT molecular complexity index is 348.